The van der Waals surface area contributed by atoms with Crippen LogP contribution in [0, 0.1) is 5.41 Å². The van der Waals surface area contributed by atoms with Crippen molar-refractivity contribution in [2.75, 3.05) is 206 Å². The molecule has 0 aliphatic rings. The highest BCUT2D eigenvalue weighted by Crippen LogP contribution is 2.17. The van der Waals surface area contributed by atoms with E-state index in [4.69, 9.17) is 61.6 Å². The molecule has 6 amide bonds. The van der Waals surface area contributed by atoms with Crippen LogP contribution >= 0.6 is 0 Å². The van der Waals surface area contributed by atoms with Crippen molar-refractivity contribution in [1.82, 2.24) is 31.9 Å². The molecule has 0 saturated heterocycles. The lowest BCUT2D eigenvalue weighted by molar-refractivity contribution is -0.131. The van der Waals surface area contributed by atoms with Gasteiger partial charge in [0.05, 0.1) is 185 Å². The number of hydrogen-bond acceptors (Lipinski definition) is 19. The molecule has 0 rings (SSSR count). The van der Waals surface area contributed by atoms with E-state index in [1.807, 2.05) is 20.8 Å². The normalized spacial score (nSPS) is 11.8. The molecule has 0 aromatic rings. The molecule has 0 fully saturated rings. The summed E-state index contributed by atoms with van der Waals surface area (Å²) >= 11 is 0. The molecule has 0 heterocycles. The van der Waals surface area contributed by atoms with E-state index in [9.17, 15) is 28.8 Å². The summed E-state index contributed by atoms with van der Waals surface area (Å²) in [5.41, 5.74) is -0.238. The highest BCUT2D eigenvalue weighted by atomic mass is 16.6. The summed E-state index contributed by atoms with van der Waals surface area (Å²) in [6.45, 7) is 14.4. The Morgan fingerprint density at radius 3 is 0.926 bits per heavy atom. The molecule has 0 aliphatic heterocycles. The Kier molecular flexibility index (Phi) is 44.4. The Labute approximate surface area is 401 Å². The molecule has 0 aliphatic carbocycles. The van der Waals surface area contributed by atoms with E-state index >= 15 is 0 Å². The second kappa shape index (κ2) is 47.0. The molecular formula is C43H82N6O19. The zero-order chi connectivity index (χ0) is 50.2. The molecule has 25 nitrogen and oxygen atoms in total. The minimum atomic E-state index is -1.04. The summed E-state index contributed by atoms with van der Waals surface area (Å²) in [6, 6.07) is -1.04. The van der Waals surface area contributed by atoms with Gasteiger partial charge in [0, 0.05) is 27.2 Å². The molecule has 0 aromatic heterocycles. The van der Waals surface area contributed by atoms with Gasteiger partial charge >= 0.3 is 0 Å². The molecule has 0 radical (unpaired) electrons. The predicted molar refractivity (Wildman–Crippen MR) is 244 cm³/mol. The van der Waals surface area contributed by atoms with Crippen molar-refractivity contribution in [3.05, 3.63) is 0 Å². The van der Waals surface area contributed by atoms with Crippen molar-refractivity contribution in [3.8, 4) is 0 Å². The summed E-state index contributed by atoms with van der Waals surface area (Å²) in [7, 11) is 3.00. The van der Waals surface area contributed by atoms with Gasteiger partial charge in [-0.25, -0.2) is 0 Å². The molecule has 0 saturated carbocycles. The van der Waals surface area contributed by atoms with Crippen LogP contribution in [-0.2, 0) is 90.3 Å². The van der Waals surface area contributed by atoms with Crippen LogP contribution in [0.25, 0.3) is 0 Å². The van der Waals surface area contributed by atoms with Gasteiger partial charge in [0.1, 0.15) is 6.04 Å². The van der Waals surface area contributed by atoms with E-state index in [0.29, 0.717) is 145 Å². The van der Waals surface area contributed by atoms with Crippen LogP contribution in [0.3, 0.4) is 0 Å². The summed E-state index contributed by atoms with van der Waals surface area (Å²) in [4.78, 5) is 72.7. The predicted octanol–water partition coefficient (Wildman–Crippen LogP) is -3.04. The van der Waals surface area contributed by atoms with Crippen LogP contribution in [0.2, 0.25) is 0 Å². The third kappa shape index (κ3) is 47.4. The average molecular weight is 987 g/mol. The van der Waals surface area contributed by atoms with Gasteiger partial charge in [0.2, 0.25) is 35.4 Å². The number of rotatable bonds is 49. The largest absolute Gasteiger partial charge is 0.382 e. The molecule has 398 valence electrons. The standard InChI is InChI=1S/C43H82N6O19/c1-43(2,3)30-37(50)45-31-38(51)46-32-39(52)47-33-40(53)48-34-41(54)49-36(35-57-5)42(55)44-6-7-58-10-11-60-14-15-62-18-19-64-22-23-66-26-27-68-29-28-67-25-24-65-21-20-63-17-16-61-13-12-59-9-8-56-4/h36H,6-35H2,1-5H3,(H,44,55)(H,45,50)(H,46,51)(H,47,52)(H,48,53)(H,49,54). The van der Waals surface area contributed by atoms with Gasteiger partial charge in [-0.05, 0) is 5.41 Å². The fourth-order valence-electron chi connectivity index (χ4n) is 4.86. The van der Waals surface area contributed by atoms with E-state index in [2.05, 4.69) is 31.9 Å². The lowest BCUT2D eigenvalue weighted by Gasteiger charge is -2.18. The maximum Gasteiger partial charge on any atom is 0.245 e. The summed E-state index contributed by atoms with van der Waals surface area (Å²) in [6.07, 6.45) is 0.236. The molecule has 0 aromatic carbocycles. The van der Waals surface area contributed by atoms with Crippen molar-refractivity contribution in [1.29, 1.82) is 0 Å². The SMILES string of the molecule is COCCOCCOCCOCCOCCOCCOCCOCCOCCOCCOCCOCCNC(=O)C(COC)NC(=O)CNC(=O)CNC(=O)CNC(=O)CNC(=O)CC(C)(C)C. The first-order valence-electron chi connectivity index (χ1n) is 22.8. The zero-order valence-corrected chi connectivity index (χ0v) is 41.0. The number of methoxy groups -OCH3 is 2. The molecule has 0 spiro atoms. The minimum Gasteiger partial charge on any atom is -0.382 e. The Morgan fingerprint density at radius 2 is 0.632 bits per heavy atom. The first-order chi connectivity index (χ1) is 32.9. The van der Waals surface area contributed by atoms with Crippen molar-refractivity contribution < 1.29 is 90.3 Å². The highest BCUT2D eigenvalue weighted by molar-refractivity contribution is 5.92. The lowest BCUT2D eigenvalue weighted by Crippen LogP contribution is -2.52. The Hall–Kier alpha value is -3.70. The fourth-order valence-corrected chi connectivity index (χ4v) is 4.86. The van der Waals surface area contributed by atoms with Gasteiger partial charge in [-0.15, -0.1) is 0 Å². The van der Waals surface area contributed by atoms with Gasteiger partial charge < -0.3 is 93.5 Å². The van der Waals surface area contributed by atoms with Crippen LogP contribution in [0.5, 0.6) is 0 Å². The van der Waals surface area contributed by atoms with Crippen molar-refractivity contribution in [2.24, 2.45) is 5.41 Å². The number of carbonyl (C=O) groups excluding carboxylic acids is 6. The van der Waals surface area contributed by atoms with Crippen LogP contribution in [-0.4, -0.2) is 247 Å². The molecular weight excluding hydrogens is 904 g/mol. The van der Waals surface area contributed by atoms with Gasteiger partial charge in [0.25, 0.3) is 0 Å². The van der Waals surface area contributed by atoms with Crippen molar-refractivity contribution >= 4 is 35.4 Å². The Balaban J connectivity index is 3.60. The summed E-state index contributed by atoms with van der Waals surface area (Å²) in [5.74, 6) is -3.37. The van der Waals surface area contributed by atoms with Crippen LogP contribution in [0.15, 0.2) is 0 Å². The minimum absolute atomic E-state index is 0.123. The van der Waals surface area contributed by atoms with E-state index in [1.54, 1.807) is 7.11 Å². The Bertz CT molecular complexity index is 1280. The highest BCUT2D eigenvalue weighted by Gasteiger charge is 2.21. The van der Waals surface area contributed by atoms with Gasteiger partial charge in [-0.1, -0.05) is 20.8 Å². The molecule has 68 heavy (non-hydrogen) atoms. The molecule has 1 unspecified atom stereocenters. The summed E-state index contributed by atoms with van der Waals surface area (Å²) < 4.78 is 69.9. The maximum atomic E-state index is 12.6. The molecule has 1 atom stereocenters. The third-order valence-electron chi connectivity index (χ3n) is 8.16. The molecule has 25 heteroatoms. The quantitative estimate of drug-likeness (QED) is 0.0331. The number of hydrogen-bond donors (Lipinski definition) is 6. The monoisotopic (exact) mass is 987 g/mol. The average Bonchev–Trinajstić information content (AvgIpc) is 3.30. The van der Waals surface area contributed by atoms with Crippen LogP contribution < -0.4 is 31.9 Å². The third-order valence-corrected chi connectivity index (χ3v) is 8.16. The number of carbonyl (C=O) groups is 6. The fraction of sp³-hybridized carbons (Fsp3) is 0.860. The zero-order valence-electron chi connectivity index (χ0n) is 41.0. The first-order valence-corrected chi connectivity index (χ1v) is 22.8. The number of amides is 6. The van der Waals surface area contributed by atoms with E-state index in [1.165, 1.54) is 7.11 Å². The van der Waals surface area contributed by atoms with Crippen molar-refractivity contribution in [2.45, 2.75) is 33.2 Å². The Morgan fingerprint density at radius 1 is 0.353 bits per heavy atom. The van der Waals surface area contributed by atoms with Gasteiger partial charge in [-0.2, -0.15) is 0 Å². The lowest BCUT2D eigenvalue weighted by atomic mass is 9.92. The smallest absolute Gasteiger partial charge is 0.245 e. The van der Waals surface area contributed by atoms with Gasteiger partial charge in [-0.3, -0.25) is 28.8 Å². The number of ether oxygens (including phenoxy) is 13. The van der Waals surface area contributed by atoms with Crippen molar-refractivity contribution in [3.63, 3.8) is 0 Å². The topological polar surface area (TPSA) is 295 Å². The molecule has 6 N–H and O–H groups in total. The maximum absolute atomic E-state index is 12.6. The summed E-state index contributed by atoms with van der Waals surface area (Å²) in [5, 5.41) is 14.5. The van der Waals surface area contributed by atoms with Gasteiger partial charge in [0.15, 0.2) is 0 Å². The van der Waals surface area contributed by atoms with Crippen LogP contribution in [0.4, 0.5) is 0 Å². The number of nitrogens with one attached hydrogen (secondary N) is 6. The second-order valence-electron chi connectivity index (χ2n) is 15.4. The first kappa shape index (κ1) is 64.3. The van der Waals surface area contributed by atoms with E-state index in [0.717, 1.165) is 0 Å². The van der Waals surface area contributed by atoms with Crippen LogP contribution in [0.1, 0.15) is 27.2 Å². The molecule has 0 bridgehead atoms. The van der Waals surface area contributed by atoms with E-state index < -0.39 is 55.2 Å². The van der Waals surface area contributed by atoms with E-state index in [-0.39, 0.29) is 44.0 Å². The second-order valence-corrected chi connectivity index (χ2v) is 15.4.